The van der Waals surface area contributed by atoms with Gasteiger partial charge in [-0.15, -0.1) is 0 Å². The van der Waals surface area contributed by atoms with Crippen molar-refractivity contribution in [2.45, 2.75) is 33.2 Å². The highest BCUT2D eigenvalue weighted by molar-refractivity contribution is 5.82. The smallest absolute Gasteiger partial charge is 0.317 e. The van der Waals surface area contributed by atoms with Gasteiger partial charge in [0.25, 0.3) is 0 Å². The third-order valence-corrected chi connectivity index (χ3v) is 3.25. The van der Waals surface area contributed by atoms with Gasteiger partial charge < -0.3 is 20.9 Å². The van der Waals surface area contributed by atoms with Crippen LogP contribution in [0.3, 0.4) is 0 Å². The molecule has 6 heteroatoms. The maximum Gasteiger partial charge on any atom is 0.317 e. The molecule has 0 radical (unpaired) electrons. The van der Waals surface area contributed by atoms with Crippen molar-refractivity contribution in [2.75, 3.05) is 32.7 Å². The summed E-state index contributed by atoms with van der Waals surface area (Å²) in [5, 5.41) is 2.77. The van der Waals surface area contributed by atoms with E-state index in [9.17, 15) is 9.59 Å². The van der Waals surface area contributed by atoms with E-state index in [1.165, 1.54) is 0 Å². The molecule has 0 aromatic heterocycles. The van der Waals surface area contributed by atoms with Gasteiger partial charge in [-0.25, -0.2) is 4.79 Å². The second-order valence-electron chi connectivity index (χ2n) is 5.38. The highest BCUT2D eigenvalue weighted by atomic mass is 16.2. The third kappa shape index (κ3) is 4.70. The Hall–Kier alpha value is -1.30. The maximum atomic E-state index is 12.1. The van der Waals surface area contributed by atoms with Crippen LogP contribution in [0.15, 0.2) is 0 Å². The minimum absolute atomic E-state index is 0.00393. The summed E-state index contributed by atoms with van der Waals surface area (Å²) in [5.41, 5.74) is 5.91. The van der Waals surface area contributed by atoms with Crippen LogP contribution in [0.4, 0.5) is 4.79 Å². The molecule has 1 atom stereocenters. The molecule has 1 aliphatic rings. The lowest BCUT2D eigenvalue weighted by Gasteiger charge is -2.36. The number of amides is 3. The fourth-order valence-electron chi connectivity index (χ4n) is 2.24. The van der Waals surface area contributed by atoms with Crippen molar-refractivity contribution in [1.29, 1.82) is 0 Å². The molecule has 1 aliphatic heterocycles. The van der Waals surface area contributed by atoms with Gasteiger partial charge in [-0.1, -0.05) is 13.8 Å². The zero-order valence-corrected chi connectivity index (χ0v) is 12.2. The molecule has 1 fully saturated rings. The van der Waals surface area contributed by atoms with Gasteiger partial charge in [0.2, 0.25) is 5.91 Å². The second-order valence-corrected chi connectivity index (χ2v) is 5.38. The molecule has 1 heterocycles. The first-order valence-electron chi connectivity index (χ1n) is 7.02. The van der Waals surface area contributed by atoms with E-state index in [-0.39, 0.29) is 11.9 Å². The predicted octanol–water partition coefficient (Wildman–Crippen LogP) is 0.234. The Morgan fingerprint density at radius 1 is 1.16 bits per heavy atom. The number of nitrogens with zero attached hydrogens (tertiary/aromatic N) is 2. The Morgan fingerprint density at radius 2 is 1.68 bits per heavy atom. The first kappa shape index (κ1) is 15.8. The predicted molar refractivity (Wildman–Crippen MR) is 74.7 cm³/mol. The highest BCUT2D eigenvalue weighted by Crippen LogP contribution is 2.08. The number of piperazine rings is 1. The summed E-state index contributed by atoms with van der Waals surface area (Å²) in [6, 6.07) is -0.475. The van der Waals surface area contributed by atoms with E-state index in [2.05, 4.69) is 19.2 Å². The average molecular weight is 270 g/mol. The largest absolute Gasteiger partial charge is 0.338 e. The van der Waals surface area contributed by atoms with Gasteiger partial charge in [0, 0.05) is 32.7 Å². The van der Waals surface area contributed by atoms with E-state index in [1.807, 2.05) is 6.92 Å². The van der Waals surface area contributed by atoms with Crippen molar-refractivity contribution >= 4 is 11.9 Å². The minimum Gasteiger partial charge on any atom is -0.338 e. The normalized spacial score (nSPS) is 17.5. The Kier molecular flexibility index (Phi) is 6.08. The van der Waals surface area contributed by atoms with E-state index < -0.39 is 6.04 Å². The van der Waals surface area contributed by atoms with Gasteiger partial charge >= 0.3 is 6.03 Å². The molecule has 3 amide bonds. The van der Waals surface area contributed by atoms with Crippen molar-refractivity contribution in [1.82, 2.24) is 15.1 Å². The average Bonchev–Trinajstić information content (AvgIpc) is 2.37. The first-order chi connectivity index (χ1) is 8.95. The summed E-state index contributed by atoms with van der Waals surface area (Å²) in [5.74, 6) is 0.417. The molecule has 0 saturated carbocycles. The van der Waals surface area contributed by atoms with Gasteiger partial charge in [0.1, 0.15) is 0 Å². The fraction of sp³-hybridized carbons (Fsp3) is 0.846. The lowest BCUT2D eigenvalue weighted by Crippen LogP contribution is -2.56. The Morgan fingerprint density at radius 3 is 2.16 bits per heavy atom. The van der Waals surface area contributed by atoms with Crippen LogP contribution in [-0.4, -0.2) is 60.5 Å². The molecular formula is C13H26N4O2. The summed E-state index contributed by atoms with van der Waals surface area (Å²) in [4.78, 5) is 27.3. The molecule has 6 nitrogen and oxygen atoms in total. The van der Waals surface area contributed by atoms with Gasteiger partial charge in [0.15, 0.2) is 0 Å². The number of nitrogens with one attached hydrogen (secondary N) is 1. The van der Waals surface area contributed by atoms with Crippen LogP contribution < -0.4 is 11.1 Å². The number of urea groups is 1. The molecule has 0 aromatic carbocycles. The molecular weight excluding hydrogens is 244 g/mol. The number of nitrogens with two attached hydrogens (primary N) is 1. The number of rotatable bonds is 4. The molecule has 110 valence electrons. The van der Waals surface area contributed by atoms with Crippen molar-refractivity contribution < 1.29 is 9.59 Å². The number of hydrogen-bond donors (Lipinski definition) is 2. The zero-order chi connectivity index (χ0) is 14.4. The van der Waals surface area contributed by atoms with E-state index in [0.717, 1.165) is 0 Å². The zero-order valence-electron chi connectivity index (χ0n) is 12.2. The summed E-state index contributed by atoms with van der Waals surface area (Å²) >= 11 is 0. The molecule has 0 spiro atoms. The Bertz CT molecular complexity index is 312. The monoisotopic (exact) mass is 270 g/mol. The van der Waals surface area contributed by atoms with Crippen LogP contribution in [-0.2, 0) is 4.79 Å². The first-order valence-corrected chi connectivity index (χ1v) is 7.02. The number of carbonyl (C=O) groups is 2. The fourth-order valence-corrected chi connectivity index (χ4v) is 2.24. The summed E-state index contributed by atoms with van der Waals surface area (Å²) in [7, 11) is 0. The maximum absolute atomic E-state index is 12.1. The molecule has 1 rings (SSSR count). The Labute approximate surface area is 115 Å². The molecule has 0 aliphatic carbocycles. The topological polar surface area (TPSA) is 78.7 Å². The lowest BCUT2D eigenvalue weighted by molar-refractivity contribution is -0.134. The SMILES string of the molecule is CCNC(=O)N1CCN(C(=O)C(N)CC(C)C)CC1. The van der Waals surface area contributed by atoms with Gasteiger partial charge in [0.05, 0.1) is 6.04 Å². The molecule has 1 saturated heterocycles. The highest BCUT2D eigenvalue weighted by Gasteiger charge is 2.27. The Balaban J connectivity index is 2.40. The van der Waals surface area contributed by atoms with Crippen LogP contribution in [0.5, 0.6) is 0 Å². The number of carbonyl (C=O) groups excluding carboxylic acids is 2. The van der Waals surface area contributed by atoms with E-state index >= 15 is 0 Å². The molecule has 19 heavy (non-hydrogen) atoms. The second kappa shape index (κ2) is 7.33. The summed E-state index contributed by atoms with van der Waals surface area (Å²) in [6.45, 7) is 8.92. The van der Waals surface area contributed by atoms with Crippen molar-refractivity contribution in [3.63, 3.8) is 0 Å². The van der Waals surface area contributed by atoms with E-state index in [4.69, 9.17) is 5.73 Å². The minimum atomic E-state index is -0.420. The summed E-state index contributed by atoms with van der Waals surface area (Å²) in [6.07, 6.45) is 0.704. The molecule has 3 N–H and O–H groups in total. The van der Waals surface area contributed by atoms with Crippen molar-refractivity contribution in [3.8, 4) is 0 Å². The molecule has 0 aromatic rings. The quantitative estimate of drug-likeness (QED) is 0.768. The van der Waals surface area contributed by atoms with Crippen molar-refractivity contribution in [2.24, 2.45) is 11.7 Å². The van der Waals surface area contributed by atoms with Crippen LogP contribution in [0.2, 0.25) is 0 Å². The van der Waals surface area contributed by atoms with Gasteiger partial charge in [-0.2, -0.15) is 0 Å². The van der Waals surface area contributed by atoms with Crippen LogP contribution >= 0.6 is 0 Å². The third-order valence-electron chi connectivity index (χ3n) is 3.25. The molecule has 1 unspecified atom stereocenters. The number of hydrogen-bond acceptors (Lipinski definition) is 3. The van der Waals surface area contributed by atoms with Crippen LogP contribution in [0.1, 0.15) is 27.2 Å². The summed E-state index contributed by atoms with van der Waals surface area (Å²) < 4.78 is 0. The molecule has 0 bridgehead atoms. The van der Waals surface area contributed by atoms with E-state index in [1.54, 1.807) is 9.80 Å². The van der Waals surface area contributed by atoms with Crippen LogP contribution in [0.25, 0.3) is 0 Å². The van der Waals surface area contributed by atoms with Crippen molar-refractivity contribution in [3.05, 3.63) is 0 Å². The van der Waals surface area contributed by atoms with Crippen LogP contribution in [0, 0.1) is 5.92 Å². The van der Waals surface area contributed by atoms with Gasteiger partial charge in [-0.05, 0) is 19.3 Å². The lowest BCUT2D eigenvalue weighted by atomic mass is 10.0. The van der Waals surface area contributed by atoms with E-state index in [0.29, 0.717) is 45.1 Å². The standard InChI is InChI=1S/C13H26N4O2/c1-4-15-13(19)17-7-5-16(6-8-17)12(18)11(14)9-10(2)3/h10-11H,4-9,14H2,1-3H3,(H,15,19). The van der Waals surface area contributed by atoms with Gasteiger partial charge in [-0.3, -0.25) is 4.79 Å².